The predicted molar refractivity (Wildman–Crippen MR) is 56.2 cm³/mol. The highest BCUT2D eigenvalue weighted by atomic mass is 16.5. The maximum atomic E-state index is 9.91. The van der Waals surface area contributed by atoms with Crippen LogP contribution < -0.4 is 0 Å². The number of aliphatic hydroxyl groups excluding tert-OH is 1. The van der Waals surface area contributed by atoms with Crippen molar-refractivity contribution in [2.75, 3.05) is 0 Å². The summed E-state index contributed by atoms with van der Waals surface area (Å²) in [6.45, 7) is 6.58. The normalized spacial score (nSPS) is 48.2. The Bertz CT molecular complexity index is 226. The lowest BCUT2D eigenvalue weighted by Gasteiger charge is -2.54. The summed E-state index contributed by atoms with van der Waals surface area (Å²) >= 11 is 0. The molecule has 2 aliphatic rings. The van der Waals surface area contributed by atoms with E-state index in [1.807, 2.05) is 0 Å². The molecule has 0 radical (unpaired) electrons. The Kier molecular flexibility index (Phi) is 2.39. The highest BCUT2D eigenvalue weighted by molar-refractivity contribution is 5.00. The minimum atomic E-state index is -0.156. The molecule has 2 fully saturated rings. The fourth-order valence-electron chi connectivity index (χ4n) is 3.25. The summed E-state index contributed by atoms with van der Waals surface area (Å²) in [5, 5.41) is 9.91. The van der Waals surface area contributed by atoms with Gasteiger partial charge in [-0.25, -0.2) is 0 Å². The Morgan fingerprint density at radius 3 is 2.64 bits per heavy atom. The van der Waals surface area contributed by atoms with E-state index in [1.165, 1.54) is 6.42 Å². The number of ether oxygens (including phenoxy) is 1. The molecule has 0 spiro atoms. The first-order valence-electron chi connectivity index (χ1n) is 5.84. The van der Waals surface area contributed by atoms with Gasteiger partial charge in [0.1, 0.15) is 0 Å². The third kappa shape index (κ3) is 1.59. The molecule has 82 valence electrons. The van der Waals surface area contributed by atoms with Gasteiger partial charge in [-0.2, -0.15) is 0 Å². The van der Waals surface area contributed by atoms with Gasteiger partial charge in [-0.15, -0.1) is 0 Å². The van der Waals surface area contributed by atoms with E-state index in [1.54, 1.807) is 0 Å². The second-order valence-electron chi connectivity index (χ2n) is 5.69. The van der Waals surface area contributed by atoms with Crippen LogP contribution in [0.1, 0.15) is 52.9 Å². The highest BCUT2D eigenvalue weighted by Gasteiger charge is 2.50. The highest BCUT2D eigenvalue weighted by Crippen LogP contribution is 2.48. The van der Waals surface area contributed by atoms with Crippen molar-refractivity contribution in [3.8, 4) is 0 Å². The second-order valence-corrected chi connectivity index (χ2v) is 5.69. The molecule has 2 aliphatic heterocycles. The van der Waals surface area contributed by atoms with Crippen LogP contribution in [0.25, 0.3) is 0 Å². The first-order valence-corrected chi connectivity index (χ1v) is 5.84. The van der Waals surface area contributed by atoms with Crippen molar-refractivity contribution in [3.63, 3.8) is 0 Å². The van der Waals surface area contributed by atoms with Crippen molar-refractivity contribution in [1.82, 2.24) is 0 Å². The molecule has 0 aliphatic carbocycles. The molecular weight excluding hydrogens is 176 g/mol. The van der Waals surface area contributed by atoms with Crippen molar-refractivity contribution < 1.29 is 9.84 Å². The van der Waals surface area contributed by atoms with Crippen LogP contribution in [0.4, 0.5) is 0 Å². The zero-order valence-electron chi connectivity index (χ0n) is 9.55. The summed E-state index contributed by atoms with van der Waals surface area (Å²) in [5.41, 5.74) is -0.0924. The van der Waals surface area contributed by atoms with Crippen LogP contribution in [0, 0.1) is 5.92 Å². The first-order chi connectivity index (χ1) is 6.46. The van der Waals surface area contributed by atoms with Gasteiger partial charge in [0.05, 0.1) is 17.3 Å². The smallest absolute Gasteiger partial charge is 0.0737 e. The molecule has 14 heavy (non-hydrogen) atoms. The van der Waals surface area contributed by atoms with Crippen LogP contribution in [0.15, 0.2) is 0 Å². The number of aliphatic hydroxyl groups is 1. The van der Waals surface area contributed by atoms with Gasteiger partial charge >= 0.3 is 0 Å². The minimum absolute atomic E-state index is 0.0370. The van der Waals surface area contributed by atoms with Crippen molar-refractivity contribution in [1.29, 1.82) is 0 Å². The van der Waals surface area contributed by atoms with Crippen LogP contribution >= 0.6 is 0 Å². The van der Waals surface area contributed by atoms with Gasteiger partial charge in [0.25, 0.3) is 0 Å². The van der Waals surface area contributed by atoms with Gasteiger partial charge in [-0.05, 0) is 32.1 Å². The quantitative estimate of drug-likeness (QED) is 0.701. The van der Waals surface area contributed by atoms with Crippen molar-refractivity contribution in [2.45, 2.75) is 70.2 Å². The van der Waals surface area contributed by atoms with E-state index in [2.05, 4.69) is 20.8 Å². The van der Waals surface area contributed by atoms with Crippen LogP contribution in [0.2, 0.25) is 0 Å². The molecule has 0 aromatic heterocycles. The predicted octanol–water partition coefficient (Wildman–Crippen LogP) is 2.50. The molecule has 0 amide bonds. The summed E-state index contributed by atoms with van der Waals surface area (Å²) in [4.78, 5) is 0. The van der Waals surface area contributed by atoms with E-state index in [4.69, 9.17) is 4.74 Å². The largest absolute Gasteiger partial charge is 0.393 e. The summed E-state index contributed by atoms with van der Waals surface area (Å²) in [6.07, 6.45) is 4.98. The zero-order valence-corrected chi connectivity index (χ0v) is 9.55. The molecule has 0 aromatic rings. The van der Waals surface area contributed by atoms with E-state index in [0.29, 0.717) is 5.92 Å². The summed E-state index contributed by atoms with van der Waals surface area (Å²) < 4.78 is 6.27. The Morgan fingerprint density at radius 2 is 2.00 bits per heavy atom. The zero-order chi connectivity index (χ0) is 10.4. The van der Waals surface area contributed by atoms with E-state index < -0.39 is 0 Å². The third-order valence-electron chi connectivity index (χ3n) is 4.06. The summed E-state index contributed by atoms with van der Waals surface area (Å²) in [6, 6.07) is 0. The van der Waals surface area contributed by atoms with Crippen molar-refractivity contribution in [2.24, 2.45) is 5.92 Å². The minimum Gasteiger partial charge on any atom is -0.393 e. The third-order valence-corrected chi connectivity index (χ3v) is 4.06. The topological polar surface area (TPSA) is 29.5 Å². The standard InChI is InChI=1S/C12H22O2/c1-9(2)12-6-4-5-11(3,14-12)7-10(13)8-12/h9-10,13H,4-8H2,1-3H3. The van der Waals surface area contributed by atoms with Gasteiger partial charge in [0.15, 0.2) is 0 Å². The summed E-state index contributed by atoms with van der Waals surface area (Å²) in [7, 11) is 0. The van der Waals surface area contributed by atoms with Gasteiger partial charge in [0, 0.05) is 12.8 Å². The molecule has 2 rings (SSSR count). The molecule has 2 bridgehead atoms. The van der Waals surface area contributed by atoms with E-state index in [-0.39, 0.29) is 17.3 Å². The van der Waals surface area contributed by atoms with Crippen LogP contribution in [-0.4, -0.2) is 22.4 Å². The average Bonchev–Trinajstić information content (AvgIpc) is 2.00. The monoisotopic (exact) mass is 198 g/mol. The lowest BCUT2D eigenvalue weighted by atomic mass is 9.70. The van der Waals surface area contributed by atoms with Gasteiger partial charge in [-0.3, -0.25) is 0 Å². The lowest BCUT2D eigenvalue weighted by molar-refractivity contribution is -0.252. The van der Waals surface area contributed by atoms with E-state index in [9.17, 15) is 5.11 Å². The summed E-state index contributed by atoms with van der Waals surface area (Å²) in [5.74, 6) is 0.511. The van der Waals surface area contributed by atoms with Gasteiger partial charge in [0.2, 0.25) is 0 Å². The maximum Gasteiger partial charge on any atom is 0.0737 e. The first kappa shape index (κ1) is 10.4. The molecule has 2 heterocycles. The Hall–Kier alpha value is -0.0800. The Balaban J connectivity index is 2.24. The number of hydrogen-bond acceptors (Lipinski definition) is 2. The number of fused-ring (bicyclic) bond motifs is 2. The molecule has 3 unspecified atom stereocenters. The molecule has 3 atom stereocenters. The fraction of sp³-hybridized carbons (Fsp3) is 1.00. The van der Waals surface area contributed by atoms with Crippen LogP contribution in [-0.2, 0) is 4.74 Å². The van der Waals surface area contributed by atoms with Gasteiger partial charge in [-0.1, -0.05) is 13.8 Å². The van der Waals surface area contributed by atoms with E-state index >= 15 is 0 Å². The fourth-order valence-corrected chi connectivity index (χ4v) is 3.25. The van der Waals surface area contributed by atoms with Crippen LogP contribution in [0.3, 0.4) is 0 Å². The van der Waals surface area contributed by atoms with E-state index in [0.717, 1.165) is 25.7 Å². The molecule has 2 saturated heterocycles. The molecule has 2 heteroatoms. The SMILES string of the molecule is CC(C)C12CCCC(C)(CC(O)C1)O2. The molecule has 1 N–H and O–H groups in total. The number of rotatable bonds is 1. The van der Waals surface area contributed by atoms with Gasteiger partial charge < -0.3 is 9.84 Å². The van der Waals surface area contributed by atoms with Crippen molar-refractivity contribution in [3.05, 3.63) is 0 Å². The molecule has 2 nitrogen and oxygen atoms in total. The Labute approximate surface area is 86.6 Å². The molecule has 0 saturated carbocycles. The molecule has 0 aromatic carbocycles. The van der Waals surface area contributed by atoms with Crippen LogP contribution in [0.5, 0.6) is 0 Å². The lowest BCUT2D eigenvalue weighted by Crippen LogP contribution is -2.57. The average molecular weight is 198 g/mol. The molecular formula is C12H22O2. The Morgan fingerprint density at radius 1 is 1.29 bits per heavy atom. The van der Waals surface area contributed by atoms with Crippen molar-refractivity contribution >= 4 is 0 Å². The second kappa shape index (κ2) is 3.21. The number of hydrogen-bond donors (Lipinski definition) is 1. The maximum absolute atomic E-state index is 9.91.